The van der Waals surface area contributed by atoms with Crippen molar-refractivity contribution < 1.29 is 14.0 Å². The maximum Gasteiger partial charge on any atom is 0.254 e. The average molecular weight is 354 g/mol. The van der Waals surface area contributed by atoms with Crippen molar-refractivity contribution in [3.8, 4) is 0 Å². The fourth-order valence-corrected chi connectivity index (χ4v) is 3.30. The zero-order valence-electron chi connectivity index (χ0n) is 14.8. The topological polar surface area (TPSA) is 58.2 Å². The lowest BCUT2D eigenvalue weighted by Crippen LogP contribution is -2.38. The van der Waals surface area contributed by atoms with Crippen LogP contribution in [0.3, 0.4) is 0 Å². The third-order valence-corrected chi connectivity index (χ3v) is 4.78. The molecule has 0 aliphatic heterocycles. The number of rotatable bonds is 5. The van der Waals surface area contributed by atoms with Crippen LogP contribution >= 0.6 is 0 Å². The molecule has 136 valence electrons. The number of hydrogen-bond donors (Lipinski definition) is 2. The summed E-state index contributed by atoms with van der Waals surface area (Å²) in [4.78, 5) is 24.1. The first-order chi connectivity index (χ1) is 12.5. The first-order valence-corrected chi connectivity index (χ1v) is 8.98. The van der Waals surface area contributed by atoms with Gasteiger partial charge >= 0.3 is 0 Å². The predicted molar refractivity (Wildman–Crippen MR) is 98.4 cm³/mol. The molecule has 26 heavy (non-hydrogen) atoms. The molecule has 2 aromatic carbocycles. The van der Waals surface area contributed by atoms with Crippen LogP contribution in [0.4, 0.5) is 4.39 Å². The van der Waals surface area contributed by atoms with Crippen molar-refractivity contribution >= 4 is 11.8 Å². The maximum atomic E-state index is 13.6. The van der Waals surface area contributed by atoms with Gasteiger partial charge in [-0.3, -0.25) is 9.59 Å². The van der Waals surface area contributed by atoms with Crippen molar-refractivity contribution in [2.45, 2.75) is 38.6 Å². The van der Waals surface area contributed by atoms with Crippen LogP contribution in [0.15, 0.2) is 42.5 Å². The molecule has 2 aromatic rings. The number of halogens is 1. The third-order valence-electron chi connectivity index (χ3n) is 4.78. The first-order valence-electron chi connectivity index (χ1n) is 8.98. The summed E-state index contributed by atoms with van der Waals surface area (Å²) in [5, 5.41) is 5.33. The molecule has 0 heterocycles. The molecule has 4 nitrogen and oxygen atoms in total. The van der Waals surface area contributed by atoms with Gasteiger partial charge in [0.1, 0.15) is 5.82 Å². The lowest BCUT2D eigenvalue weighted by Gasteiger charge is -2.20. The zero-order chi connectivity index (χ0) is 18.5. The molecule has 2 N–H and O–H groups in total. The lowest BCUT2D eigenvalue weighted by atomic mass is 9.89. The molecule has 0 aromatic heterocycles. The molecular formula is C21H23FN2O2. The molecule has 1 aliphatic rings. The standard InChI is InChI=1S/C21H23FN2O2/c1-14(16-11-10-15-6-2-3-7-17(15)12-16)24-20(25)13-23-21(26)18-8-4-5-9-19(18)22/h4-5,8-12,14H,2-3,6-7,13H2,1H3,(H,23,26)(H,24,25)/t14-/m1/s1. The van der Waals surface area contributed by atoms with E-state index in [9.17, 15) is 14.0 Å². The molecule has 1 atom stereocenters. The van der Waals surface area contributed by atoms with E-state index in [1.54, 1.807) is 6.07 Å². The number of amides is 2. The number of nitrogens with one attached hydrogen (secondary N) is 2. The second-order valence-electron chi connectivity index (χ2n) is 6.69. The van der Waals surface area contributed by atoms with Crippen molar-refractivity contribution in [2.75, 3.05) is 6.54 Å². The SMILES string of the molecule is C[C@@H](NC(=O)CNC(=O)c1ccccc1F)c1ccc2c(c1)CCCC2. The summed E-state index contributed by atoms with van der Waals surface area (Å²) >= 11 is 0. The molecule has 2 amide bonds. The van der Waals surface area contributed by atoms with Crippen LogP contribution in [0.25, 0.3) is 0 Å². The van der Waals surface area contributed by atoms with Crippen molar-refractivity contribution in [1.82, 2.24) is 10.6 Å². The van der Waals surface area contributed by atoms with Crippen LogP contribution in [0.5, 0.6) is 0 Å². The van der Waals surface area contributed by atoms with Gasteiger partial charge in [0.05, 0.1) is 18.2 Å². The summed E-state index contributed by atoms with van der Waals surface area (Å²) in [6.45, 7) is 1.73. The summed E-state index contributed by atoms with van der Waals surface area (Å²) < 4.78 is 13.6. The Labute approximate surface area is 152 Å². The van der Waals surface area contributed by atoms with Gasteiger partial charge in [-0.15, -0.1) is 0 Å². The third kappa shape index (κ3) is 4.28. The highest BCUT2D eigenvalue weighted by Gasteiger charge is 2.16. The van der Waals surface area contributed by atoms with Gasteiger partial charge in [0.2, 0.25) is 5.91 Å². The molecule has 0 unspecified atom stereocenters. The van der Waals surface area contributed by atoms with Gasteiger partial charge in [0, 0.05) is 0 Å². The van der Waals surface area contributed by atoms with Crippen molar-refractivity contribution in [3.05, 3.63) is 70.5 Å². The number of carbonyl (C=O) groups excluding carboxylic acids is 2. The Bertz CT molecular complexity index is 819. The van der Waals surface area contributed by atoms with Crippen LogP contribution in [-0.4, -0.2) is 18.4 Å². The first kappa shape index (κ1) is 18.1. The Morgan fingerprint density at radius 1 is 1.08 bits per heavy atom. The average Bonchev–Trinajstić information content (AvgIpc) is 2.66. The van der Waals surface area contributed by atoms with Gasteiger partial charge in [0.25, 0.3) is 5.91 Å². The number of carbonyl (C=O) groups is 2. The molecular weight excluding hydrogens is 331 g/mol. The minimum atomic E-state index is -0.604. The minimum Gasteiger partial charge on any atom is -0.348 e. The molecule has 3 rings (SSSR count). The fraction of sp³-hybridized carbons (Fsp3) is 0.333. The predicted octanol–water partition coefficient (Wildman–Crippen LogP) is 3.31. The Balaban J connectivity index is 1.54. The molecule has 0 fully saturated rings. The van der Waals surface area contributed by atoms with E-state index in [-0.39, 0.29) is 24.1 Å². The monoisotopic (exact) mass is 354 g/mol. The Hall–Kier alpha value is -2.69. The van der Waals surface area contributed by atoms with E-state index in [0.29, 0.717) is 0 Å². The summed E-state index contributed by atoms with van der Waals surface area (Å²) in [6, 6.07) is 11.9. The molecule has 1 aliphatic carbocycles. The van der Waals surface area contributed by atoms with Gasteiger partial charge in [-0.05, 0) is 61.4 Å². The molecule has 0 spiro atoms. The Morgan fingerprint density at radius 2 is 1.81 bits per heavy atom. The van der Waals surface area contributed by atoms with Gasteiger partial charge in [-0.25, -0.2) is 4.39 Å². The highest BCUT2D eigenvalue weighted by molar-refractivity contribution is 5.96. The van der Waals surface area contributed by atoms with E-state index in [2.05, 4.69) is 22.8 Å². The van der Waals surface area contributed by atoms with Crippen LogP contribution in [-0.2, 0) is 17.6 Å². The maximum absolute atomic E-state index is 13.6. The summed E-state index contributed by atoms with van der Waals surface area (Å²) in [6.07, 6.45) is 4.65. The second-order valence-corrected chi connectivity index (χ2v) is 6.69. The van der Waals surface area contributed by atoms with Crippen molar-refractivity contribution in [2.24, 2.45) is 0 Å². The zero-order valence-corrected chi connectivity index (χ0v) is 14.8. The van der Waals surface area contributed by atoms with E-state index >= 15 is 0 Å². The van der Waals surface area contributed by atoms with E-state index < -0.39 is 11.7 Å². The molecule has 0 bridgehead atoms. The molecule has 0 radical (unpaired) electrons. The van der Waals surface area contributed by atoms with Crippen molar-refractivity contribution in [3.63, 3.8) is 0 Å². The normalized spacial score (nSPS) is 14.2. The van der Waals surface area contributed by atoms with Gasteiger partial charge in [-0.2, -0.15) is 0 Å². The Kier molecular flexibility index (Phi) is 5.66. The van der Waals surface area contributed by atoms with E-state index in [4.69, 9.17) is 0 Å². The summed E-state index contributed by atoms with van der Waals surface area (Å²) in [5.41, 5.74) is 3.75. The smallest absolute Gasteiger partial charge is 0.254 e. The van der Waals surface area contributed by atoms with E-state index in [1.165, 1.54) is 42.2 Å². The summed E-state index contributed by atoms with van der Waals surface area (Å²) in [5.74, 6) is -1.51. The van der Waals surface area contributed by atoms with E-state index in [0.717, 1.165) is 18.4 Å². The minimum absolute atomic E-state index is 0.0666. The molecule has 0 saturated heterocycles. The van der Waals surface area contributed by atoms with Crippen LogP contribution in [0.2, 0.25) is 0 Å². The van der Waals surface area contributed by atoms with E-state index in [1.807, 2.05) is 13.0 Å². The summed E-state index contributed by atoms with van der Waals surface area (Å²) in [7, 11) is 0. The number of benzene rings is 2. The quantitative estimate of drug-likeness (QED) is 0.865. The Morgan fingerprint density at radius 3 is 2.58 bits per heavy atom. The highest BCUT2D eigenvalue weighted by atomic mass is 19.1. The van der Waals surface area contributed by atoms with Crippen LogP contribution in [0.1, 0.15) is 52.9 Å². The highest BCUT2D eigenvalue weighted by Crippen LogP contribution is 2.24. The largest absolute Gasteiger partial charge is 0.348 e. The number of fused-ring (bicyclic) bond motifs is 1. The second kappa shape index (κ2) is 8.13. The lowest BCUT2D eigenvalue weighted by molar-refractivity contribution is -0.120. The number of hydrogen-bond acceptors (Lipinski definition) is 2. The molecule has 0 saturated carbocycles. The van der Waals surface area contributed by atoms with Crippen LogP contribution < -0.4 is 10.6 Å². The van der Waals surface area contributed by atoms with Gasteiger partial charge in [0.15, 0.2) is 0 Å². The number of aryl methyl sites for hydroxylation is 2. The fourth-order valence-electron chi connectivity index (χ4n) is 3.30. The van der Waals surface area contributed by atoms with Crippen molar-refractivity contribution in [1.29, 1.82) is 0 Å². The van der Waals surface area contributed by atoms with Gasteiger partial charge < -0.3 is 10.6 Å². The van der Waals surface area contributed by atoms with Crippen LogP contribution in [0, 0.1) is 5.82 Å². The van der Waals surface area contributed by atoms with Gasteiger partial charge in [-0.1, -0.05) is 30.3 Å². The molecule has 5 heteroatoms.